The Kier molecular flexibility index (Phi) is 5.49. The van der Waals surface area contributed by atoms with Gasteiger partial charge in [-0.05, 0) is 25.0 Å². The topological polar surface area (TPSA) is 96.4 Å². The molecule has 26 heavy (non-hydrogen) atoms. The van der Waals surface area contributed by atoms with E-state index in [2.05, 4.69) is 10.3 Å². The molecule has 1 unspecified atom stereocenters. The van der Waals surface area contributed by atoms with Crippen LogP contribution in [-0.4, -0.2) is 42.0 Å². The smallest absolute Gasteiger partial charge is 0.244 e. The summed E-state index contributed by atoms with van der Waals surface area (Å²) in [5.41, 5.74) is 0.280. The molecule has 2 aromatic rings. The third kappa shape index (κ3) is 3.84. The van der Waals surface area contributed by atoms with Crippen LogP contribution in [0.4, 0.5) is 5.13 Å². The monoisotopic (exact) mass is 393 g/mol. The number of aromatic nitrogens is 1. The average molecular weight is 393 g/mol. The largest absolute Gasteiger partial charge is 0.301 e. The van der Waals surface area contributed by atoms with Crippen molar-refractivity contribution >= 4 is 38.2 Å². The lowest BCUT2D eigenvalue weighted by Gasteiger charge is -2.33. The molecule has 1 saturated heterocycles. The van der Waals surface area contributed by atoms with E-state index >= 15 is 0 Å². The van der Waals surface area contributed by atoms with Crippen LogP contribution in [0, 0.1) is 0 Å². The maximum absolute atomic E-state index is 12.9. The Morgan fingerprint density at radius 2 is 1.96 bits per heavy atom. The minimum absolute atomic E-state index is 0.174. The zero-order valence-electron chi connectivity index (χ0n) is 14.2. The van der Waals surface area contributed by atoms with Crippen LogP contribution in [-0.2, 0) is 14.8 Å². The zero-order chi connectivity index (χ0) is 18.7. The molecule has 7 nitrogen and oxygen atoms in total. The molecule has 1 aromatic heterocycles. The molecular formula is C17H19N3O4S2. The molecule has 3 rings (SSSR count). The van der Waals surface area contributed by atoms with E-state index in [0.29, 0.717) is 24.5 Å². The predicted octanol–water partition coefficient (Wildman–Crippen LogP) is 2.53. The van der Waals surface area contributed by atoms with E-state index in [-0.39, 0.29) is 16.4 Å². The number of ketones is 1. The van der Waals surface area contributed by atoms with Gasteiger partial charge in [0, 0.05) is 18.8 Å². The molecule has 9 heteroatoms. The fraction of sp³-hybridized carbons (Fsp3) is 0.353. The minimum Gasteiger partial charge on any atom is -0.301 e. The van der Waals surface area contributed by atoms with E-state index in [1.807, 2.05) is 0 Å². The van der Waals surface area contributed by atoms with Gasteiger partial charge in [-0.2, -0.15) is 4.31 Å². The summed E-state index contributed by atoms with van der Waals surface area (Å²) in [7, 11) is -3.76. The number of hydrogen-bond acceptors (Lipinski definition) is 6. The van der Waals surface area contributed by atoms with Gasteiger partial charge in [0.05, 0.1) is 4.90 Å². The highest BCUT2D eigenvalue weighted by Gasteiger charge is 2.37. The van der Waals surface area contributed by atoms with Crippen LogP contribution in [0.1, 0.15) is 36.7 Å². The van der Waals surface area contributed by atoms with E-state index in [1.165, 1.54) is 23.4 Å². The second-order valence-corrected chi connectivity index (χ2v) is 8.77. The average Bonchev–Trinajstić information content (AvgIpc) is 3.11. The quantitative estimate of drug-likeness (QED) is 0.788. The summed E-state index contributed by atoms with van der Waals surface area (Å²) in [6.07, 6.45) is 1.93. The van der Waals surface area contributed by atoms with Crippen molar-refractivity contribution in [2.45, 2.75) is 37.1 Å². The van der Waals surface area contributed by atoms with Gasteiger partial charge in [0.25, 0.3) is 0 Å². The molecule has 1 aliphatic rings. The summed E-state index contributed by atoms with van der Waals surface area (Å²) in [6, 6.07) is 7.32. The SMILES string of the molecule is CC(=O)c1csc(NC(=O)C2CCCCN2S(=O)(=O)c2ccccc2)n1. The summed E-state index contributed by atoms with van der Waals surface area (Å²) in [5.74, 6) is -0.610. The van der Waals surface area contributed by atoms with Gasteiger partial charge in [0.2, 0.25) is 15.9 Å². The van der Waals surface area contributed by atoms with Gasteiger partial charge in [-0.1, -0.05) is 24.6 Å². The molecule has 0 bridgehead atoms. The van der Waals surface area contributed by atoms with E-state index in [1.54, 1.807) is 23.6 Å². The van der Waals surface area contributed by atoms with Crippen molar-refractivity contribution in [1.82, 2.24) is 9.29 Å². The number of sulfonamides is 1. The number of thiazole rings is 1. The van der Waals surface area contributed by atoms with Crippen molar-refractivity contribution in [2.75, 3.05) is 11.9 Å². The first-order valence-corrected chi connectivity index (χ1v) is 10.6. The molecule has 0 spiro atoms. The number of nitrogens with one attached hydrogen (secondary N) is 1. The van der Waals surface area contributed by atoms with Crippen LogP contribution in [0.5, 0.6) is 0 Å². The molecule has 1 aromatic carbocycles. The first kappa shape index (κ1) is 18.7. The second-order valence-electron chi connectivity index (χ2n) is 6.02. The van der Waals surface area contributed by atoms with E-state index in [4.69, 9.17) is 0 Å². The molecule has 1 amide bonds. The summed E-state index contributed by atoms with van der Waals surface area (Å²) in [4.78, 5) is 28.3. The molecular weight excluding hydrogens is 374 g/mol. The highest BCUT2D eigenvalue weighted by Crippen LogP contribution is 2.26. The van der Waals surface area contributed by atoms with Crippen molar-refractivity contribution in [1.29, 1.82) is 0 Å². The lowest BCUT2D eigenvalue weighted by Crippen LogP contribution is -2.49. The van der Waals surface area contributed by atoms with Crippen LogP contribution in [0.25, 0.3) is 0 Å². The van der Waals surface area contributed by atoms with Crippen LogP contribution >= 0.6 is 11.3 Å². The first-order chi connectivity index (χ1) is 12.4. The number of benzene rings is 1. The lowest BCUT2D eigenvalue weighted by atomic mass is 10.0. The summed E-state index contributed by atoms with van der Waals surface area (Å²) in [5, 5.41) is 4.51. The molecule has 2 heterocycles. The van der Waals surface area contributed by atoms with E-state index in [0.717, 1.165) is 17.8 Å². The molecule has 138 valence electrons. The Balaban J connectivity index is 1.82. The summed E-state index contributed by atoms with van der Waals surface area (Å²) in [6.45, 7) is 1.70. The number of carbonyl (C=O) groups excluding carboxylic acids is 2. The number of anilines is 1. The second kappa shape index (κ2) is 7.65. The normalized spacial score (nSPS) is 18.4. The number of nitrogens with zero attached hydrogens (tertiary/aromatic N) is 2. The highest BCUT2D eigenvalue weighted by atomic mass is 32.2. The van der Waals surface area contributed by atoms with Crippen molar-refractivity contribution in [2.24, 2.45) is 0 Å². The van der Waals surface area contributed by atoms with Crippen LogP contribution < -0.4 is 5.32 Å². The lowest BCUT2D eigenvalue weighted by molar-refractivity contribution is -0.120. The van der Waals surface area contributed by atoms with Crippen LogP contribution in [0.2, 0.25) is 0 Å². The maximum atomic E-state index is 12.9. The molecule has 1 fully saturated rings. The number of hydrogen-bond donors (Lipinski definition) is 1. The Morgan fingerprint density at radius 1 is 1.23 bits per heavy atom. The Hall–Kier alpha value is -2.10. The summed E-state index contributed by atoms with van der Waals surface area (Å²) < 4.78 is 27.1. The molecule has 1 N–H and O–H groups in total. The van der Waals surface area contributed by atoms with Crippen molar-refractivity contribution < 1.29 is 18.0 Å². The van der Waals surface area contributed by atoms with Crippen molar-refractivity contribution in [3.8, 4) is 0 Å². The van der Waals surface area contributed by atoms with Crippen LogP contribution in [0.15, 0.2) is 40.6 Å². The molecule has 1 aliphatic heterocycles. The van der Waals surface area contributed by atoms with Gasteiger partial charge in [-0.3, -0.25) is 9.59 Å². The molecule has 0 saturated carbocycles. The minimum atomic E-state index is -3.76. The van der Waals surface area contributed by atoms with Gasteiger partial charge >= 0.3 is 0 Å². The van der Waals surface area contributed by atoms with Crippen molar-refractivity contribution in [3.05, 3.63) is 41.4 Å². The first-order valence-electron chi connectivity index (χ1n) is 8.24. The Labute approximate surface area is 156 Å². The standard InChI is InChI=1S/C17H19N3O4S2/c1-12(21)14-11-25-17(18-14)19-16(22)15-9-5-6-10-20(15)26(23,24)13-7-3-2-4-8-13/h2-4,7-8,11,15H,5-6,9-10H2,1H3,(H,18,19,22). The number of piperidine rings is 1. The zero-order valence-corrected chi connectivity index (χ0v) is 15.8. The fourth-order valence-electron chi connectivity index (χ4n) is 2.86. The number of carbonyl (C=O) groups is 2. The van der Waals surface area contributed by atoms with Gasteiger partial charge in [0.1, 0.15) is 11.7 Å². The van der Waals surface area contributed by atoms with Crippen molar-refractivity contribution in [3.63, 3.8) is 0 Å². The highest BCUT2D eigenvalue weighted by molar-refractivity contribution is 7.89. The summed E-state index contributed by atoms with van der Waals surface area (Å²) >= 11 is 1.14. The third-order valence-corrected chi connectivity index (χ3v) is 6.88. The number of rotatable bonds is 5. The third-order valence-electron chi connectivity index (χ3n) is 4.20. The van der Waals surface area contributed by atoms with Gasteiger partial charge in [0.15, 0.2) is 10.9 Å². The van der Waals surface area contributed by atoms with E-state index in [9.17, 15) is 18.0 Å². The molecule has 0 radical (unpaired) electrons. The Bertz CT molecular complexity index is 909. The van der Waals surface area contributed by atoms with Gasteiger partial charge in [-0.25, -0.2) is 13.4 Å². The Morgan fingerprint density at radius 3 is 2.62 bits per heavy atom. The fourth-order valence-corrected chi connectivity index (χ4v) is 5.29. The predicted molar refractivity (Wildman–Crippen MR) is 98.7 cm³/mol. The van der Waals surface area contributed by atoms with E-state index < -0.39 is 22.0 Å². The number of amides is 1. The van der Waals surface area contributed by atoms with Crippen LogP contribution in [0.3, 0.4) is 0 Å². The molecule has 1 atom stereocenters. The van der Waals surface area contributed by atoms with Gasteiger partial charge < -0.3 is 5.32 Å². The van der Waals surface area contributed by atoms with Gasteiger partial charge in [-0.15, -0.1) is 11.3 Å². The molecule has 0 aliphatic carbocycles. The number of Topliss-reactive ketones (excluding diaryl/α,β-unsaturated/α-hetero) is 1. The maximum Gasteiger partial charge on any atom is 0.244 e.